The molecule has 2 unspecified atom stereocenters. The van der Waals surface area contributed by atoms with Crippen LogP contribution in [0.4, 0.5) is 4.79 Å². The zero-order valence-electron chi connectivity index (χ0n) is 12.5. The maximum absolute atomic E-state index is 10.8. The summed E-state index contributed by atoms with van der Waals surface area (Å²) in [7, 11) is 1.30. The van der Waals surface area contributed by atoms with Gasteiger partial charge in [-0.05, 0) is 37.0 Å². The molecular weight excluding hydrogens is 258 g/mol. The lowest BCUT2D eigenvalue weighted by molar-refractivity contribution is -0.0717. The van der Waals surface area contributed by atoms with Crippen molar-refractivity contribution < 1.29 is 19.0 Å². The topological polar surface area (TPSA) is 56.8 Å². The zero-order valence-corrected chi connectivity index (χ0v) is 12.5. The fourth-order valence-corrected chi connectivity index (χ4v) is 1.63. The molecule has 1 aromatic carbocycles. The van der Waals surface area contributed by atoms with Crippen molar-refractivity contribution in [2.75, 3.05) is 13.8 Å². The van der Waals surface area contributed by atoms with E-state index < -0.39 is 12.4 Å². The van der Waals surface area contributed by atoms with Crippen LogP contribution in [0.2, 0.25) is 0 Å². The van der Waals surface area contributed by atoms with Crippen molar-refractivity contribution in [2.45, 2.75) is 39.4 Å². The SMILES string of the molecule is CCC(C)c1ccc(OC(C)OCNC(=O)OC)cc1. The fraction of sp³-hybridized carbons (Fsp3) is 0.533. The predicted octanol–water partition coefficient (Wildman–Crippen LogP) is 3.26. The number of rotatable bonds is 7. The molecule has 2 atom stereocenters. The molecule has 20 heavy (non-hydrogen) atoms. The Hall–Kier alpha value is -1.75. The molecule has 0 radical (unpaired) electrons. The van der Waals surface area contributed by atoms with Crippen molar-refractivity contribution in [2.24, 2.45) is 0 Å². The van der Waals surface area contributed by atoms with Gasteiger partial charge in [0.2, 0.25) is 0 Å². The van der Waals surface area contributed by atoms with Crippen LogP contribution in [0, 0.1) is 0 Å². The van der Waals surface area contributed by atoms with Gasteiger partial charge in [0.05, 0.1) is 7.11 Å². The number of carbonyl (C=O) groups excluding carboxylic acids is 1. The Kier molecular flexibility index (Phi) is 6.87. The highest BCUT2D eigenvalue weighted by atomic mass is 16.7. The average Bonchev–Trinajstić information content (AvgIpc) is 2.47. The number of benzene rings is 1. The minimum atomic E-state index is -0.532. The maximum atomic E-state index is 10.8. The first-order valence-electron chi connectivity index (χ1n) is 6.76. The molecule has 1 amide bonds. The molecule has 1 N–H and O–H groups in total. The van der Waals surface area contributed by atoms with Crippen LogP contribution in [-0.2, 0) is 9.47 Å². The number of carbonyl (C=O) groups is 1. The highest BCUT2D eigenvalue weighted by Gasteiger charge is 2.07. The molecule has 0 fully saturated rings. The van der Waals surface area contributed by atoms with Gasteiger partial charge in [-0.25, -0.2) is 4.79 Å². The van der Waals surface area contributed by atoms with Crippen LogP contribution in [0.5, 0.6) is 5.75 Å². The second-order valence-corrected chi connectivity index (χ2v) is 4.54. The first-order chi connectivity index (χ1) is 9.56. The smallest absolute Gasteiger partial charge is 0.408 e. The Labute approximate surface area is 120 Å². The first kappa shape index (κ1) is 16.3. The fourth-order valence-electron chi connectivity index (χ4n) is 1.63. The second-order valence-electron chi connectivity index (χ2n) is 4.54. The monoisotopic (exact) mass is 281 g/mol. The van der Waals surface area contributed by atoms with E-state index in [0.29, 0.717) is 5.92 Å². The van der Waals surface area contributed by atoms with E-state index in [9.17, 15) is 4.79 Å². The molecule has 0 aliphatic carbocycles. The summed E-state index contributed by atoms with van der Waals surface area (Å²) in [5, 5.41) is 2.42. The van der Waals surface area contributed by atoms with E-state index in [-0.39, 0.29) is 6.73 Å². The lowest BCUT2D eigenvalue weighted by Crippen LogP contribution is -2.29. The van der Waals surface area contributed by atoms with E-state index in [2.05, 4.69) is 36.0 Å². The van der Waals surface area contributed by atoms with Gasteiger partial charge in [0.15, 0.2) is 6.29 Å². The van der Waals surface area contributed by atoms with E-state index in [1.165, 1.54) is 12.7 Å². The minimum absolute atomic E-state index is 0.0405. The quantitative estimate of drug-likeness (QED) is 0.779. The van der Waals surface area contributed by atoms with Gasteiger partial charge in [-0.2, -0.15) is 0 Å². The summed E-state index contributed by atoms with van der Waals surface area (Å²) in [6.07, 6.45) is 0.121. The lowest BCUT2D eigenvalue weighted by atomic mass is 9.99. The molecule has 0 saturated heterocycles. The number of ether oxygens (including phenoxy) is 3. The molecule has 5 nitrogen and oxygen atoms in total. The number of hydrogen-bond donors (Lipinski definition) is 1. The molecule has 0 aliphatic rings. The standard InChI is InChI=1S/C15H23NO4/c1-5-11(2)13-6-8-14(9-7-13)20-12(3)19-10-16-15(17)18-4/h6-9,11-12H,5,10H2,1-4H3,(H,16,17). The van der Waals surface area contributed by atoms with E-state index in [0.717, 1.165) is 12.2 Å². The van der Waals surface area contributed by atoms with Gasteiger partial charge in [-0.3, -0.25) is 5.32 Å². The third-order valence-electron chi connectivity index (χ3n) is 3.08. The molecular formula is C15H23NO4. The van der Waals surface area contributed by atoms with Gasteiger partial charge in [-0.15, -0.1) is 0 Å². The molecule has 0 saturated carbocycles. The normalized spacial score (nSPS) is 13.4. The molecule has 0 spiro atoms. The largest absolute Gasteiger partial charge is 0.465 e. The lowest BCUT2D eigenvalue weighted by Gasteiger charge is -2.16. The Morgan fingerprint density at radius 2 is 1.90 bits per heavy atom. The van der Waals surface area contributed by atoms with Crippen LogP contribution in [0.3, 0.4) is 0 Å². The number of alkyl carbamates (subject to hydrolysis) is 1. The van der Waals surface area contributed by atoms with Gasteiger partial charge in [0.1, 0.15) is 12.5 Å². The molecule has 112 valence electrons. The first-order valence-corrected chi connectivity index (χ1v) is 6.76. The molecule has 5 heteroatoms. The zero-order chi connectivity index (χ0) is 15.0. The number of hydrogen-bond acceptors (Lipinski definition) is 4. The maximum Gasteiger partial charge on any atom is 0.408 e. The third-order valence-corrected chi connectivity index (χ3v) is 3.08. The molecule has 0 bridgehead atoms. The van der Waals surface area contributed by atoms with Crippen molar-refractivity contribution >= 4 is 6.09 Å². The van der Waals surface area contributed by atoms with Gasteiger partial charge >= 0.3 is 6.09 Å². The summed E-state index contributed by atoms with van der Waals surface area (Å²) in [5.41, 5.74) is 1.29. The summed E-state index contributed by atoms with van der Waals surface area (Å²) < 4.78 is 15.3. The molecule has 0 aromatic heterocycles. The van der Waals surface area contributed by atoms with E-state index in [1.54, 1.807) is 6.92 Å². The molecule has 0 aliphatic heterocycles. The summed E-state index contributed by atoms with van der Waals surface area (Å²) in [4.78, 5) is 10.8. The number of amides is 1. The van der Waals surface area contributed by atoms with Crippen molar-refractivity contribution in [3.63, 3.8) is 0 Å². The Morgan fingerprint density at radius 1 is 1.25 bits per heavy atom. The molecule has 1 rings (SSSR count). The highest BCUT2D eigenvalue weighted by Crippen LogP contribution is 2.22. The van der Waals surface area contributed by atoms with Gasteiger partial charge in [0, 0.05) is 0 Å². The van der Waals surface area contributed by atoms with Crippen LogP contribution in [-0.4, -0.2) is 26.2 Å². The predicted molar refractivity (Wildman–Crippen MR) is 76.7 cm³/mol. The Bertz CT molecular complexity index is 405. The van der Waals surface area contributed by atoms with Crippen LogP contribution in [0.25, 0.3) is 0 Å². The number of nitrogens with one attached hydrogen (secondary N) is 1. The summed E-state index contributed by atoms with van der Waals surface area (Å²) in [6.45, 7) is 6.17. The highest BCUT2D eigenvalue weighted by molar-refractivity contribution is 5.66. The Morgan fingerprint density at radius 3 is 2.45 bits per heavy atom. The molecule has 1 aromatic rings. The Balaban J connectivity index is 2.38. The van der Waals surface area contributed by atoms with Gasteiger partial charge in [0.25, 0.3) is 0 Å². The van der Waals surface area contributed by atoms with Crippen LogP contribution in [0.1, 0.15) is 38.7 Å². The van der Waals surface area contributed by atoms with E-state index in [4.69, 9.17) is 9.47 Å². The van der Waals surface area contributed by atoms with E-state index in [1.807, 2.05) is 12.1 Å². The average molecular weight is 281 g/mol. The van der Waals surface area contributed by atoms with Crippen LogP contribution >= 0.6 is 0 Å². The minimum Gasteiger partial charge on any atom is -0.465 e. The summed E-state index contributed by atoms with van der Waals surface area (Å²) >= 11 is 0. The summed E-state index contributed by atoms with van der Waals surface area (Å²) in [5.74, 6) is 1.28. The van der Waals surface area contributed by atoms with E-state index >= 15 is 0 Å². The van der Waals surface area contributed by atoms with Crippen molar-refractivity contribution in [1.29, 1.82) is 0 Å². The van der Waals surface area contributed by atoms with Crippen LogP contribution in [0.15, 0.2) is 24.3 Å². The molecule has 0 heterocycles. The van der Waals surface area contributed by atoms with Crippen molar-refractivity contribution in [1.82, 2.24) is 5.32 Å². The number of methoxy groups -OCH3 is 1. The van der Waals surface area contributed by atoms with Crippen LogP contribution < -0.4 is 10.1 Å². The summed E-state index contributed by atoms with van der Waals surface area (Å²) in [6, 6.07) is 7.97. The van der Waals surface area contributed by atoms with Gasteiger partial charge < -0.3 is 14.2 Å². The van der Waals surface area contributed by atoms with Crippen molar-refractivity contribution in [3.8, 4) is 5.75 Å². The second kappa shape index (κ2) is 8.43. The van der Waals surface area contributed by atoms with Gasteiger partial charge in [-0.1, -0.05) is 26.0 Å². The van der Waals surface area contributed by atoms with Crippen molar-refractivity contribution in [3.05, 3.63) is 29.8 Å². The third kappa shape index (κ3) is 5.48.